The van der Waals surface area contributed by atoms with Crippen molar-refractivity contribution in [2.45, 2.75) is 26.7 Å². The van der Waals surface area contributed by atoms with Gasteiger partial charge in [0.25, 0.3) is 5.56 Å². The van der Waals surface area contributed by atoms with Gasteiger partial charge >= 0.3 is 0 Å². The normalized spacial score (nSPS) is 11.0. The van der Waals surface area contributed by atoms with Gasteiger partial charge < -0.3 is 10.3 Å². The van der Waals surface area contributed by atoms with Crippen LogP contribution in [0.2, 0.25) is 0 Å². The zero-order chi connectivity index (χ0) is 16.9. The van der Waals surface area contributed by atoms with Gasteiger partial charge in [0, 0.05) is 24.9 Å². The number of nitrogens with zero attached hydrogens (tertiary/aromatic N) is 1. The van der Waals surface area contributed by atoms with Crippen LogP contribution in [-0.4, -0.2) is 37.9 Å². The van der Waals surface area contributed by atoms with Crippen molar-refractivity contribution in [3.8, 4) is 6.07 Å². The van der Waals surface area contributed by atoms with Crippen molar-refractivity contribution in [3.63, 3.8) is 0 Å². The number of pyridine rings is 1. The molecule has 0 aliphatic carbocycles. The Kier molecular flexibility index (Phi) is 5.88. The molecule has 8 heteroatoms. The van der Waals surface area contributed by atoms with Crippen LogP contribution in [0.1, 0.15) is 28.8 Å². The number of amides is 1. The Labute approximate surface area is 129 Å². The molecule has 0 saturated carbocycles. The quantitative estimate of drug-likeness (QED) is 0.760. The summed E-state index contributed by atoms with van der Waals surface area (Å²) in [6.45, 7) is 3.47. The lowest BCUT2D eigenvalue weighted by molar-refractivity contribution is -0.120. The lowest BCUT2D eigenvalue weighted by Crippen LogP contribution is -2.29. The van der Waals surface area contributed by atoms with Crippen molar-refractivity contribution in [1.29, 1.82) is 5.26 Å². The minimum absolute atomic E-state index is 0.0538. The molecule has 0 saturated heterocycles. The molecule has 22 heavy (non-hydrogen) atoms. The summed E-state index contributed by atoms with van der Waals surface area (Å²) in [5.74, 6) is -0.374. The van der Waals surface area contributed by atoms with Crippen LogP contribution in [0.5, 0.6) is 0 Å². The Hall–Kier alpha value is -2.14. The molecule has 1 aromatic rings. The number of sulfone groups is 1. The van der Waals surface area contributed by atoms with Gasteiger partial charge in [0.05, 0.1) is 5.75 Å². The Morgan fingerprint density at radius 2 is 2.00 bits per heavy atom. The van der Waals surface area contributed by atoms with Crippen LogP contribution in [0.3, 0.4) is 0 Å². The number of nitrogens with one attached hydrogen (secondary N) is 2. The molecule has 2 N–H and O–H groups in total. The predicted octanol–water partition coefficient (Wildman–Crippen LogP) is -0.0432. The van der Waals surface area contributed by atoms with Crippen LogP contribution >= 0.6 is 0 Å². The third kappa shape index (κ3) is 5.00. The van der Waals surface area contributed by atoms with Gasteiger partial charge in [-0.1, -0.05) is 0 Å². The number of aromatic nitrogens is 1. The highest BCUT2D eigenvalue weighted by molar-refractivity contribution is 7.90. The number of aromatic amines is 1. The Balaban J connectivity index is 2.71. The van der Waals surface area contributed by atoms with E-state index in [0.29, 0.717) is 17.7 Å². The number of nitriles is 1. The van der Waals surface area contributed by atoms with Gasteiger partial charge in [0.15, 0.2) is 0 Å². The van der Waals surface area contributed by atoms with Crippen LogP contribution < -0.4 is 10.9 Å². The predicted molar refractivity (Wildman–Crippen MR) is 82.3 cm³/mol. The highest BCUT2D eigenvalue weighted by atomic mass is 32.2. The fourth-order valence-corrected chi connectivity index (χ4v) is 2.60. The average Bonchev–Trinajstić information content (AvgIpc) is 2.36. The largest absolute Gasteiger partial charge is 0.355 e. The van der Waals surface area contributed by atoms with Gasteiger partial charge in [-0.3, -0.25) is 9.59 Å². The summed E-state index contributed by atoms with van der Waals surface area (Å²) in [7, 11) is -3.10. The van der Waals surface area contributed by atoms with Gasteiger partial charge in [-0.15, -0.1) is 0 Å². The molecule has 1 rings (SSSR count). The standard InChI is InChI=1S/C14H19N3O4S/c1-9-11(10(2)17-14(19)12(9)8-15)4-5-13(18)16-6-7-22(3,20)21/h4-7H2,1-3H3,(H,16,18)(H,17,19). The van der Waals surface area contributed by atoms with Crippen molar-refractivity contribution in [3.05, 3.63) is 32.7 Å². The van der Waals surface area contributed by atoms with E-state index in [1.165, 1.54) is 0 Å². The van der Waals surface area contributed by atoms with E-state index >= 15 is 0 Å². The minimum atomic E-state index is -3.10. The van der Waals surface area contributed by atoms with E-state index in [-0.39, 0.29) is 30.2 Å². The van der Waals surface area contributed by atoms with E-state index in [1.807, 2.05) is 6.07 Å². The van der Waals surface area contributed by atoms with Crippen LogP contribution in [0.15, 0.2) is 4.79 Å². The highest BCUT2D eigenvalue weighted by Gasteiger charge is 2.13. The lowest BCUT2D eigenvalue weighted by Gasteiger charge is -2.11. The van der Waals surface area contributed by atoms with Crippen LogP contribution in [0.25, 0.3) is 0 Å². The second kappa shape index (κ2) is 7.22. The smallest absolute Gasteiger partial charge is 0.266 e. The van der Waals surface area contributed by atoms with Crippen molar-refractivity contribution < 1.29 is 13.2 Å². The number of aryl methyl sites for hydroxylation is 1. The van der Waals surface area contributed by atoms with Gasteiger partial charge in [-0.2, -0.15) is 5.26 Å². The molecule has 0 unspecified atom stereocenters. The zero-order valence-electron chi connectivity index (χ0n) is 12.8. The molecular formula is C14H19N3O4S. The van der Waals surface area contributed by atoms with E-state index in [2.05, 4.69) is 10.3 Å². The van der Waals surface area contributed by atoms with E-state index in [0.717, 1.165) is 11.8 Å². The maximum Gasteiger partial charge on any atom is 0.266 e. The molecule has 0 radical (unpaired) electrons. The Morgan fingerprint density at radius 1 is 1.36 bits per heavy atom. The fraction of sp³-hybridized carbons (Fsp3) is 0.500. The van der Waals surface area contributed by atoms with Gasteiger partial charge in [0.1, 0.15) is 21.5 Å². The third-order valence-corrected chi connectivity index (χ3v) is 4.26. The maximum atomic E-state index is 11.7. The molecule has 120 valence electrons. The second-order valence-corrected chi connectivity index (χ2v) is 7.41. The monoisotopic (exact) mass is 325 g/mol. The molecule has 7 nitrogen and oxygen atoms in total. The summed E-state index contributed by atoms with van der Waals surface area (Å²) in [5, 5.41) is 11.5. The molecule has 0 aliphatic rings. The van der Waals surface area contributed by atoms with Gasteiger partial charge in [-0.05, 0) is 31.4 Å². The average molecular weight is 325 g/mol. The van der Waals surface area contributed by atoms with Crippen molar-refractivity contribution in [1.82, 2.24) is 10.3 Å². The first-order chi connectivity index (χ1) is 10.2. The van der Waals surface area contributed by atoms with E-state index in [4.69, 9.17) is 5.26 Å². The molecule has 0 aliphatic heterocycles. The van der Waals surface area contributed by atoms with E-state index < -0.39 is 15.4 Å². The van der Waals surface area contributed by atoms with Gasteiger partial charge in [0.2, 0.25) is 5.91 Å². The SMILES string of the molecule is Cc1[nH]c(=O)c(C#N)c(C)c1CCC(=O)NCCS(C)(=O)=O. The topological polar surface area (TPSA) is 120 Å². The van der Waals surface area contributed by atoms with Crippen LogP contribution in [0, 0.1) is 25.2 Å². The fourth-order valence-electron chi connectivity index (χ4n) is 2.12. The number of hydrogen-bond acceptors (Lipinski definition) is 5. The number of carbonyl (C=O) groups is 1. The summed E-state index contributed by atoms with van der Waals surface area (Å²) in [4.78, 5) is 25.9. The first-order valence-corrected chi connectivity index (χ1v) is 8.78. The Morgan fingerprint density at radius 3 is 2.55 bits per heavy atom. The number of H-pyrrole nitrogens is 1. The molecule has 0 aromatic carbocycles. The number of rotatable bonds is 6. The molecule has 0 bridgehead atoms. The van der Waals surface area contributed by atoms with Crippen LogP contribution in [0.4, 0.5) is 0 Å². The summed E-state index contributed by atoms with van der Waals surface area (Å²) in [5.41, 5.74) is 1.59. The minimum Gasteiger partial charge on any atom is -0.355 e. The molecular weight excluding hydrogens is 306 g/mol. The van der Waals surface area contributed by atoms with Crippen LogP contribution in [-0.2, 0) is 21.1 Å². The van der Waals surface area contributed by atoms with Gasteiger partial charge in [-0.25, -0.2) is 8.42 Å². The summed E-state index contributed by atoms with van der Waals surface area (Å²) >= 11 is 0. The molecule has 1 heterocycles. The summed E-state index contributed by atoms with van der Waals surface area (Å²) < 4.78 is 21.9. The maximum absolute atomic E-state index is 11.7. The van der Waals surface area contributed by atoms with E-state index in [9.17, 15) is 18.0 Å². The van der Waals surface area contributed by atoms with Crippen molar-refractivity contribution in [2.24, 2.45) is 0 Å². The molecule has 0 atom stereocenters. The highest BCUT2D eigenvalue weighted by Crippen LogP contribution is 2.14. The molecule has 0 spiro atoms. The first kappa shape index (κ1) is 17.9. The summed E-state index contributed by atoms with van der Waals surface area (Å²) in [6, 6.07) is 1.86. The van der Waals surface area contributed by atoms with E-state index in [1.54, 1.807) is 13.8 Å². The summed E-state index contributed by atoms with van der Waals surface area (Å²) in [6.07, 6.45) is 1.63. The number of carbonyl (C=O) groups excluding carboxylic acids is 1. The lowest BCUT2D eigenvalue weighted by atomic mass is 9.99. The number of hydrogen-bond donors (Lipinski definition) is 2. The zero-order valence-corrected chi connectivity index (χ0v) is 13.6. The first-order valence-electron chi connectivity index (χ1n) is 6.72. The molecule has 1 aromatic heterocycles. The molecule has 0 fully saturated rings. The third-order valence-electron chi connectivity index (χ3n) is 3.32. The van der Waals surface area contributed by atoms with Crippen molar-refractivity contribution >= 4 is 15.7 Å². The molecule has 1 amide bonds. The van der Waals surface area contributed by atoms with Crippen molar-refractivity contribution in [2.75, 3.05) is 18.6 Å². The Bertz CT molecular complexity index is 773. The second-order valence-electron chi connectivity index (χ2n) is 5.15.